The molecule has 1 atom stereocenters. The van der Waals surface area contributed by atoms with Gasteiger partial charge in [-0.15, -0.1) is 0 Å². The first-order valence-corrected chi connectivity index (χ1v) is 7.32. The molecule has 1 aliphatic heterocycles. The summed E-state index contributed by atoms with van der Waals surface area (Å²) in [7, 11) is 0. The molecule has 106 valence electrons. The van der Waals surface area contributed by atoms with Crippen molar-refractivity contribution in [2.75, 3.05) is 6.54 Å². The standard InChI is InChI=1S/C18H17FN2/c1-11-2-7-16-15(10-11)14-8-9-20-17(18(14)21-16)12-3-5-13(19)6-4-12/h2-7,10,17,20-21H,8-9H2,1H3/t17-/m1/s1. The highest BCUT2D eigenvalue weighted by atomic mass is 19.1. The van der Waals surface area contributed by atoms with E-state index >= 15 is 0 Å². The minimum Gasteiger partial charge on any atom is -0.357 e. The van der Waals surface area contributed by atoms with Crippen molar-refractivity contribution in [1.82, 2.24) is 10.3 Å². The molecule has 0 saturated heterocycles. The van der Waals surface area contributed by atoms with Crippen LogP contribution in [-0.2, 0) is 6.42 Å². The van der Waals surface area contributed by atoms with Gasteiger partial charge < -0.3 is 10.3 Å². The number of aromatic nitrogens is 1. The van der Waals surface area contributed by atoms with E-state index in [4.69, 9.17) is 0 Å². The molecule has 0 amide bonds. The molecule has 0 spiro atoms. The predicted octanol–water partition coefficient (Wildman–Crippen LogP) is 3.85. The van der Waals surface area contributed by atoms with Crippen LogP contribution in [0.5, 0.6) is 0 Å². The zero-order valence-corrected chi connectivity index (χ0v) is 11.9. The monoisotopic (exact) mass is 280 g/mol. The first-order chi connectivity index (χ1) is 10.2. The zero-order chi connectivity index (χ0) is 14.4. The van der Waals surface area contributed by atoms with Gasteiger partial charge in [0.25, 0.3) is 0 Å². The van der Waals surface area contributed by atoms with E-state index in [0.717, 1.165) is 18.5 Å². The highest BCUT2D eigenvalue weighted by Gasteiger charge is 2.25. The molecule has 0 unspecified atom stereocenters. The third kappa shape index (κ3) is 2.05. The number of rotatable bonds is 1. The van der Waals surface area contributed by atoms with Crippen molar-refractivity contribution < 1.29 is 4.39 Å². The molecular weight excluding hydrogens is 263 g/mol. The van der Waals surface area contributed by atoms with Gasteiger partial charge in [-0.3, -0.25) is 0 Å². The number of nitrogens with one attached hydrogen (secondary N) is 2. The molecule has 4 rings (SSSR count). The highest BCUT2D eigenvalue weighted by Crippen LogP contribution is 2.33. The maximum atomic E-state index is 13.1. The van der Waals surface area contributed by atoms with Gasteiger partial charge in [0.15, 0.2) is 0 Å². The van der Waals surface area contributed by atoms with E-state index in [1.54, 1.807) is 0 Å². The number of benzene rings is 2. The van der Waals surface area contributed by atoms with Crippen molar-refractivity contribution in [1.29, 1.82) is 0 Å². The largest absolute Gasteiger partial charge is 0.357 e. The number of hydrogen-bond donors (Lipinski definition) is 2. The molecule has 0 fully saturated rings. The minimum atomic E-state index is -0.193. The average molecular weight is 280 g/mol. The van der Waals surface area contributed by atoms with Crippen LogP contribution in [0.15, 0.2) is 42.5 Å². The molecule has 0 radical (unpaired) electrons. The van der Waals surface area contributed by atoms with Crippen molar-refractivity contribution in [3.63, 3.8) is 0 Å². The molecular formula is C18H17FN2. The predicted molar refractivity (Wildman–Crippen MR) is 83.0 cm³/mol. The number of aryl methyl sites for hydroxylation is 1. The fourth-order valence-corrected chi connectivity index (χ4v) is 3.28. The second kappa shape index (κ2) is 4.71. The lowest BCUT2D eigenvalue weighted by Crippen LogP contribution is -2.30. The van der Waals surface area contributed by atoms with E-state index in [-0.39, 0.29) is 11.9 Å². The van der Waals surface area contributed by atoms with Crippen molar-refractivity contribution in [3.8, 4) is 0 Å². The molecule has 0 bridgehead atoms. The van der Waals surface area contributed by atoms with Gasteiger partial charge in [-0.2, -0.15) is 0 Å². The Kier molecular flexibility index (Phi) is 2.82. The second-order valence-electron chi connectivity index (χ2n) is 5.75. The third-order valence-corrected chi connectivity index (χ3v) is 4.31. The Balaban J connectivity index is 1.88. The lowest BCUT2D eigenvalue weighted by atomic mass is 9.94. The second-order valence-corrected chi connectivity index (χ2v) is 5.75. The number of halogens is 1. The maximum absolute atomic E-state index is 13.1. The average Bonchev–Trinajstić information content (AvgIpc) is 2.86. The van der Waals surface area contributed by atoms with Crippen molar-refractivity contribution in [3.05, 3.63) is 70.7 Å². The summed E-state index contributed by atoms with van der Waals surface area (Å²) in [4.78, 5) is 3.55. The van der Waals surface area contributed by atoms with Crippen molar-refractivity contribution in [2.45, 2.75) is 19.4 Å². The summed E-state index contributed by atoms with van der Waals surface area (Å²) in [6, 6.07) is 13.4. The summed E-state index contributed by atoms with van der Waals surface area (Å²) in [6.07, 6.45) is 1.02. The number of H-pyrrole nitrogens is 1. The van der Waals surface area contributed by atoms with Crippen LogP contribution in [0.4, 0.5) is 4.39 Å². The van der Waals surface area contributed by atoms with E-state index in [1.165, 1.54) is 39.9 Å². The summed E-state index contributed by atoms with van der Waals surface area (Å²) in [6.45, 7) is 3.06. The normalized spacial score (nSPS) is 17.9. The van der Waals surface area contributed by atoms with Gasteiger partial charge in [-0.25, -0.2) is 4.39 Å². The molecule has 1 aromatic heterocycles. The Bertz CT molecular complexity index is 802. The molecule has 2 aromatic carbocycles. The maximum Gasteiger partial charge on any atom is 0.123 e. The lowest BCUT2D eigenvalue weighted by molar-refractivity contribution is 0.558. The summed E-state index contributed by atoms with van der Waals surface area (Å²) in [5.41, 5.74) is 6.17. The van der Waals surface area contributed by atoms with Gasteiger partial charge in [0.1, 0.15) is 5.82 Å². The third-order valence-electron chi connectivity index (χ3n) is 4.31. The lowest BCUT2D eigenvalue weighted by Gasteiger charge is -2.24. The summed E-state index contributed by atoms with van der Waals surface area (Å²) in [5, 5.41) is 4.85. The van der Waals surface area contributed by atoms with E-state index in [1.807, 2.05) is 12.1 Å². The first-order valence-electron chi connectivity index (χ1n) is 7.32. The molecule has 2 nitrogen and oxygen atoms in total. The van der Waals surface area contributed by atoms with Crippen LogP contribution in [0.25, 0.3) is 10.9 Å². The van der Waals surface area contributed by atoms with Gasteiger partial charge >= 0.3 is 0 Å². The molecule has 3 heteroatoms. The van der Waals surface area contributed by atoms with Gasteiger partial charge in [0.2, 0.25) is 0 Å². The Hall–Kier alpha value is -2.13. The molecule has 0 saturated carbocycles. The Morgan fingerprint density at radius 1 is 1.10 bits per heavy atom. The number of hydrogen-bond acceptors (Lipinski definition) is 1. The SMILES string of the molecule is Cc1ccc2[nH]c3c(c2c1)CCN[C@@H]3c1ccc(F)cc1. The fourth-order valence-electron chi connectivity index (χ4n) is 3.28. The fraction of sp³-hybridized carbons (Fsp3) is 0.222. The first kappa shape index (κ1) is 12.6. The van der Waals surface area contributed by atoms with Crippen LogP contribution in [-0.4, -0.2) is 11.5 Å². The molecule has 3 aromatic rings. The van der Waals surface area contributed by atoms with Crippen LogP contribution in [0.2, 0.25) is 0 Å². The van der Waals surface area contributed by atoms with Crippen LogP contribution >= 0.6 is 0 Å². The molecule has 2 heterocycles. The molecule has 2 N–H and O–H groups in total. The summed E-state index contributed by atoms with van der Waals surface area (Å²) in [5.74, 6) is -0.193. The zero-order valence-electron chi connectivity index (χ0n) is 11.9. The van der Waals surface area contributed by atoms with Gasteiger partial charge in [-0.05, 0) is 48.7 Å². The topological polar surface area (TPSA) is 27.8 Å². The molecule has 1 aliphatic rings. The number of fused-ring (bicyclic) bond motifs is 3. The van der Waals surface area contributed by atoms with E-state index in [9.17, 15) is 4.39 Å². The van der Waals surface area contributed by atoms with Crippen LogP contribution in [0.1, 0.15) is 28.4 Å². The Morgan fingerprint density at radius 3 is 2.71 bits per heavy atom. The molecule has 21 heavy (non-hydrogen) atoms. The Morgan fingerprint density at radius 2 is 1.90 bits per heavy atom. The smallest absolute Gasteiger partial charge is 0.123 e. The Labute approximate surface area is 123 Å². The van der Waals surface area contributed by atoms with E-state index in [2.05, 4.69) is 35.4 Å². The van der Waals surface area contributed by atoms with E-state index < -0.39 is 0 Å². The summed E-state index contributed by atoms with van der Waals surface area (Å²) < 4.78 is 13.1. The van der Waals surface area contributed by atoms with Gasteiger partial charge in [0, 0.05) is 23.1 Å². The van der Waals surface area contributed by atoms with Crippen molar-refractivity contribution in [2.24, 2.45) is 0 Å². The van der Waals surface area contributed by atoms with Crippen LogP contribution < -0.4 is 5.32 Å². The van der Waals surface area contributed by atoms with Crippen LogP contribution in [0, 0.1) is 12.7 Å². The van der Waals surface area contributed by atoms with E-state index in [0.29, 0.717) is 0 Å². The summed E-state index contributed by atoms with van der Waals surface area (Å²) >= 11 is 0. The quantitative estimate of drug-likeness (QED) is 0.696. The highest BCUT2D eigenvalue weighted by molar-refractivity contribution is 5.86. The van der Waals surface area contributed by atoms with Crippen LogP contribution in [0.3, 0.4) is 0 Å². The number of aromatic amines is 1. The van der Waals surface area contributed by atoms with Crippen molar-refractivity contribution >= 4 is 10.9 Å². The molecule has 0 aliphatic carbocycles. The van der Waals surface area contributed by atoms with Gasteiger partial charge in [0.05, 0.1) is 6.04 Å². The van der Waals surface area contributed by atoms with Gasteiger partial charge in [-0.1, -0.05) is 23.8 Å². The minimum absolute atomic E-state index is 0.113.